The van der Waals surface area contributed by atoms with Gasteiger partial charge in [0.25, 0.3) is 0 Å². The Labute approximate surface area is 142 Å². The van der Waals surface area contributed by atoms with Crippen LogP contribution in [0.3, 0.4) is 0 Å². The molecule has 0 bridgehead atoms. The number of hydrogen-bond acceptors (Lipinski definition) is 5. The van der Waals surface area contributed by atoms with Crippen molar-refractivity contribution in [2.45, 2.75) is 27.4 Å². The molecular formula is C19H22N2O3. The SMILES string of the molecule is CCOc1cc(N(CC)CC)ccc1-c1ccc2c(n1)COC2=O. The standard InChI is InChI=1S/C19H22N2O3/c1-4-21(5-2)13-7-8-14(18(11-13)23-6-3)16-10-9-15-17(20-16)12-24-19(15)22/h7-11H,4-6,12H2,1-3H3. The summed E-state index contributed by atoms with van der Waals surface area (Å²) in [6.45, 7) is 8.95. The van der Waals surface area contributed by atoms with Gasteiger partial charge in [-0.3, -0.25) is 0 Å². The number of pyridine rings is 1. The molecule has 0 N–H and O–H groups in total. The second kappa shape index (κ2) is 6.91. The normalized spacial score (nSPS) is 12.7. The molecule has 5 nitrogen and oxygen atoms in total. The number of anilines is 1. The largest absolute Gasteiger partial charge is 0.493 e. The maximum absolute atomic E-state index is 11.6. The first-order valence-electron chi connectivity index (χ1n) is 8.37. The Kier molecular flexibility index (Phi) is 4.69. The van der Waals surface area contributed by atoms with Gasteiger partial charge in [-0.05, 0) is 45.0 Å². The molecule has 1 aliphatic heterocycles. The third kappa shape index (κ3) is 2.94. The molecule has 1 aliphatic rings. The van der Waals surface area contributed by atoms with Gasteiger partial charge in [0, 0.05) is 30.4 Å². The van der Waals surface area contributed by atoms with Crippen molar-refractivity contribution in [2.24, 2.45) is 0 Å². The lowest BCUT2D eigenvalue weighted by atomic mass is 10.1. The van der Waals surface area contributed by atoms with E-state index in [1.165, 1.54) is 0 Å². The van der Waals surface area contributed by atoms with Gasteiger partial charge in [-0.2, -0.15) is 0 Å². The molecule has 1 aromatic heterocycles. The van der Waals surface area contributed by atoms with Gasteiger partial charge >= 0.3 is 5.97 Å². The van der Waals surface area contributed by atoms with Crippen LogP contribution < -0.4 is 9.64 Å². The Hall–Kier alpha value is -2.56. The molecule has 0 atom stereocenters. The number of cyclic esters (lactones) is 1. The molecule has 5 heteroatoms. The van der Waals surface area contributed by atoms with Crippen LogP contribution in [0.1, 0.15) is 36.8 Å². The Morgan fingerprint density at radius 2 is 1.88 bits per heavy atom. The number of nitrogens with zero attached hydrogens (tertiary/aromatic N) is 2. The van der Waals surface area contributed by atoms with Crippen LogP contribution in [-0.2, 0) is 11.3 Å². The first-order chi connectivity index (χ1) is 11.7. The molecule has 0 spiro atoms. The summed E-state index contributed by atoms with van der Waals surface area (Å²) in [4.78, 5) is 18.4. The molecule has 0 unspecified atom stereocenters. The Balaban J connectivity index is 2.02. The van der Waals surface area contributed by atoms with Crippen molar-refractivity contribution in [3.63, 3.8) is 0 Å². The van der Waals surface area contributed by atoms with Gasteiger partial charge in [-0.1, -0.05) is 0 Å². The van der Waals surface area contributed by atoms with Gasteiger partial charge in [0.05, 0.1) is 23.6 Å². The summed E-state index contributed by atoms with van der Waals surface area (Å²) >= 11 is 0. The third-order valence-electron chi connectivity index (χ3n) is 4.20. The highest BCUT2D eigenvalue weighted by Crippen LogP contribution is 2.34. The van der Waals surface area contributed by atoms with Crippen molar-refractivity contribution in [1.82, 2.24) is 4.98 Å². The Morgan fingerprint density at radius 3 is 2.58 bits per heavy atom. The highest BCUT2D eigenvalue weighted by atomic mass is 16.5. The molecule has 1 aromatic carbocycles. The lowest BCUT2D eigenvalue weighted by Crippen LogP contribution is -2.21. The van der Waals surface area contributed by atoms with Gasteiger partial charge in [0.1, 0.15) is 12.4 Å². The van der Waals surface area contributed by atoms with Crippen LogP contribution in [0.5, 0.6) is 5.75 Å². The van der Waals surface area contributed by atoms with E-state index in [0.717, 1.165) is 35.8 Å². The summed E-state index contributed by atoms with van der Waals surface area (Å²) in [5.41, 5.74) is 4.09. The maximum Gasteiger partial charge on any atom is 0.340 e. The molecule has 0 aliphatic carbocycles. The molecule has 3 rings (SSSR count). The van der Waals surface area contributed by atoms with E-state index >= 15 is 0 Å². The molecule has 0 radical (unpaired) electrons. The molecular weight excluding hydrogens is 304 g/mol. The van der Waals surface area contributed by atoms with E-state index in [1.807, 2.05) is 19.1 Å². The van der Waals surface area contributed by atoms with Gasteiger partial charge in [0.2, 0.25) is 0 Å². The zero-order chi connectivity index (χ0) is 17.1. The zero-order valence-electron chi connectivity index (χ0n) is 14.3. The number of esters is 1. The first kappa shape index (κ1) is 16.3. The number of aromatic nitrogens is 1. The average molecular weight is 326 g/mol. The predicted molar refractivity (Wildman–Crippen MR) is 93.5 cm³/mol. The van der Waals surface area contributed by atoms with Crippen LogP contribution in [-0.4, -0.2) is 30.6 Å². The zero-order valence-corrected chi connectivity index (χ0v) is 14.3. The van der Waals surface area contributed by atoms with Crippen LogP contribution in [0, 0.1) is 0 Å². The quantitative estimate of drug-likeness (QED) is 0.758. The van der Waals surface area contributed by atoms with Crippen LogP contribution in [0.15, 0.2) is 30.3 Å². The monoisotopic (exact) mass is 326 g/mol. The molecule has 2 aromatic rings. The van der Waals surface area contributed by atoms with Crippen LogP contribution in [0.2, 0.25) is 0 Å². The third-order valence-corrected chi connectivity index (χ3v) is 4.20. The van der Waals surface area contributed by atoms with Gasteiger partial charge in [-0.25, -0.2) is 9.78 Å². The Bertz CT molecular complexity index is 754. The summed E-state index contributed by atoms with van der Waals surface area (Å²) in [5.74, 6) is 0.505. The fourth-order valence-electron chi connectivity index (χ4n) is 2.94. The minimum absolute atomic E-state index is 0.240. The number of ether oxygens (including phenoxy) is 2. The van der Waals surface area contributed by atoms with Crippen molar-refractivity contribution in [2.75, 3.05) is 24.6 Å². The van der Waals surface area contributed by atoms with Gasteiger partial charge < -0.3 is 14.4 Å². The fraction of sp³-hybridized carbons (Fsp3) is 0.368. The molecule has 0 fully saturated rings. The molecule has 2 heterocycles. The van der Waals surface area contributed by atoms with E-state index in [1.54, 1.807) is 6.07 Å². The fourth-order valence-corrected chi connectivity index (χ4v) is 2.94. The van der Waals surface area contributed by atoms with Crippen molar-refractivity contribution in [3.8, 4) is 17.0 Å². The van der Waals surface area contributed by atoms with E-state index in [9.17, 15) is 4.79 Å². The van der Waals surface area contributed by atoms with Crippen molar-refractivity contribution in [1.29, 1.82) is 0 Å². The summed E-state index contributed by atoms with van der Waals surface area (Å²) in [5, 5.41) is 0. The minimum atomic E-state index is -0.300. The summed E-state index contributed by atoms with van der Waals surface area (Å²) in [7, 11) is 0. The van der Waals surface area contributed by atoms with Gasteiger partial charge in [0.15, 0.2) is 0 Å². The second-order valence-corrected chi connectivity index (χ2v) is 5.55. The van der Waals surface area contributed by atoms with Crippen molar-refractivity contribution >= 4 is 11.7 Å². The molecule has 126 valence electrons. The number of fused-ring (bicyclic) bond motifs is 1. The maximum atomic E-state index is 11.6. The van der Waals surface area contributed by atoms with Gasteiger partial charge in [-0.15, -0.1) is 0 Å². The van der Waals surface area contributed by atoms with Crippen LogP contribution in [0.4, 0.5) is 5.69 Å². The molecule has 24 heavy (non-hydrogen) atoms. The summed E-state index contributed by atoms with van der Waals surface area (Å²) in [6.07, 6.45) is 0. The van der Waals surface area contributed by atoms with Crippen LogP contribution in [0.25, 0.3) is 11.3 Å². The molecule has 0 saturated carbocycles. The van der Waals surface area contributed by atoms with Crippen molar-refractivity contribution < 1.29 is 14.3 Å². The summed E-state index contributed by atoms with van der Waals surface area (Å²) < 4.78 is 10.9. The highest BCUT2D eigenvalue weighted by molar-refractivity contribution is 5.93. The number of carbonyl (C=O) groups excluding carboxylic acids is 1. The predicted octanol–water partition coefficient (Wildman–Crippen LogP) is 3.66. The number of carbonyl (C=O) groups is 1. The van der Waals surface area contributed by atoms with E-state index in [-0.39, 0.29) is 12.6 Å². The van der Waals surface area contributed by atoms with E-state index in [2.05, 4.69) is 35.9 Å². The topological polar surface area (TPSA) is 51.7 Å². The second-order valence-electron chi connectivity index (χ2n) is 5.55. The molecule has 0 amide bonds. The van der Waals surface area contributed by atoms with E-state index in [4.69, 9.17) is 9.47 Å². The smallest absolute Gasteiger partial charge is 0.340 e. The lowest BCUT2D eigenvalue weighted by molar-refractivity contribution is 0.0533. The summed E-state index contributed by atoms with van der Waals surface area (Å²) in [6, 6.07) is 9.80. The average Bonchev–Trinajstić information content (AvgIpc) is 2.97. The number of rotatable bonds is 6. The van der Waals surface area contributed by atoms with E-state index in [0.29, 0.717) is 17.9 Å². The highest BCUT2D eigenvalue weighted by Gasteiger charge is 2.23. The minimum Gasteiger partial charge on any atom is -0.493 e. The molecule has 0 saturated heterocycles. The first-order valence-corrected chi connectivity index (χ1v) is 8.37. The Morgan fingerprint density at radius 1 is 1.12 bits per heavy atom. The number of hydrogen-bond donors (Lipinski definition) is 0. The lowest BCUT2D eigenvalue weighted by Gasteiger charge is -2.22. The number of benzene rings is 1. The van der Waals surface area contributed by atoms with E-state index < -0.39 is 0 Å². The van der Waals surface area contributed by atoms with Crippen LogP contribution >= 0.6 is 0 Å². The van der Waals surface area contributed by atoms with Crippen molar-refractivity contribution in [3.05, 3.63) is 41.6 Å².